The van der Waals surface area contributed by atoms with Crippen molar-refractivity contribution in [2.75, 3.05) is 6.61 Å². The van der Waals surface area contributed by atoms with Crippen LogP contribution < -0.4 is 5.32 Å². The molecule has 1 aromatic rings. The van der Waals surface area contributed by atoms with E-state index in [2.05, 4.69) is 17.2 Å². The Kier molecular flexibility index (Phi) is 6.70. The molecule has 0 spiro atoms. The number of hydrogen-bond acceptors (Lipinski definition) is 2. The van der Waals surface area contributed by atoms with Gasteiger partial charge in [0.25, 0.3) is 0 Å². The summed E-state index contributed by atoms with van der Waals surface area (Å²) in [7, 11) is 0. The molecule has 0 saturated carbocycles. The molecule has 0 aliphatic carbocycles. The minimum Gasteiger partial charge on any atom is -0.395 e. The Bertz CT molecular complexity index is 471. The number of carbonyl (C=O) groups is 1. The number of aliphatic hydroxyl groups excluding tert-OH is 1. The average Bonchev–Trinajstić information content (AvgIpc) is 2.44. The fourth-order valence-electron chi connectivity index (χ4n) is 1.53. The van der Waals surface area contributed by atoms with Gasteiger partial charge in [0.05, 0.1) is 6.61 Å². The van der Waals surface area contributed by atoms with Gasteiger partial charge in [-0.3, -0.25) is 4.79 Å². The number of nitrogens with one attached hydrogen (secondary N) is 1. The van der Waals surface area contributed by atoms with Gasteiger partial charge in [0.15, 0.2) is 0 Å². The van der Waals surface area contributed by atoms with Gasteiger partial charge in [-0.15, -0.1) is 0 Å². The second-order valence-corrected chi connectivity index (χ2v) is 4.50. The van der Waals surface area contributed by atoms with Crippen molar-refractivity contribution < 1.29 is 9.90 Å². The van der Waals surface area contributed by atoms with Crippen LogP contribution in [0.5, 0.6) is 0 Å². The van der Waals surface area contributed by atoms with Crippen LogP contribution in [0, 0.1) is 17.8 Å². The summed E-state index contributed by atoms with van der Waals surface area (Å²) >= 11 is 0. The Labute approximate surface area is 115 Å². The van der Waals surface area contributed by atoms with Crippen LogP contribution in [-0.2, 0) is 11.3 Å². The van der Waals surface area contributed by atoms with E-state index in [-0.39, 0.29) is 18.4 Å². The summed E-state index contributed by atoms with van der Waals surface area (Å²) in [6, 6.07) is 7.77. The number of benzene rings is 1. The lowest BCUT2D eigenvalue weighted by Gasteiger charge is -2.10. The second kappa shape index (κ2) is 8.34. The van der Waals surface area contributed by atoms with E-state index in [4.69, 9.17) is 5.11 Å². The number of amides is 1. The first-order chi connectivity index (χ1) is 9.17. The van der Waals surface area contributed by atoms with Crippen LogP contribution in [0.15, 0.2) is 24.3 Å². The normalized spacial score (nSPS) is 11.3. The lowest BCUT2D eigenvalue weighted by atomic mass is 10.1. The van der Waals surface area contributed by atoms with Crippen LogP contribution in [0.1, 0.15) is 37.8 Å². The first-order valence-corrected chi connectivity index (χ1v) is 6.63. The molecule has 0 heterocycles. The number of rotatable bonds is 5. The van der Waals surface area contributed by atoms with Gasteiger partial charge >= 0.3 is 0 Å². The first-order valence-electron chi connectivity index (χ1n) is 6.63. The van der Waals surface area contributed by atoms with Crippen molar-refractivity contribution in [3.8, 4) is 11.8 Å². The molecule has 0 aliphatic rings. The van der Waals surface area contributed by atoms with Gasteiger partial charge in [0.1, 0.15) is 0 Å². The Morgan fingerprint density at radius 1 is 1.47 bits per heavy atom. The van der Waals surface area contributed by atoms with Crippen LogP contribution in [0.3, 0.4) is 0 Å². The number of hydrogen-bond donors (Lipinski definition) is 2. The predicted octanol–water partition coefficient (Wildman–Crippen LogP) is 2.08. The molecule has 0 aromatic heterocycles. The smallest absolute Gasteiger partial charge is 0.223 e. The van der Waals surface area contributed by atoms with Gasteiger partial charge in [0, 0.05) is 24.4 Å². The predicted molar refractivity (Wildman–Crippen MR) is 76.3 cm³/mol. The minimum atomic E-state index is 0.0486. The van der Waals surface area contributed by atoms with Crippen LogP contribution in [0.25, 0.3) is 0 Å². The zero-order chi connectivity index (χ0) is 14.1. The van der Waals surface area contributed by atoms with Gasteiger partial charge in [-0.2, -0.15) is 0 Å². The van der Waals surface area contributed by atoms with Gasteiger partial charge in [-0.1, -0.05) is 37.8 Å². The maximum Gasteiger partial charge on any atom is 0.223 e. The van der Waals surface area contributed by atoms with Crippen LogP contribution in [0.2, 0.25) is 0 Å². The highest BCUT2D eigenvalue weighted by atomic mass is 16.2. The van der Waals surface area contributed by atoms with Crippen molar-refractivity contribution >= 4 is 5.91 Å². The lowest BCUT2D eigenvalue weighted by molar-refractivity contribution is -0.124. The quantitative estimate of drug-likeness (QED) is 0.795. The van der Waals surface area contributed by atoms with Gasteiger partial charge < -0.3 is 10.4 Å². The molecule has 1 aromatic carbocycles. The van der Waals surface area contributed by atoms with Crippen molar-refractivity contribution in [1.82, 2.24) is 5.32 Å². The fraction of sp³-hybridized carbons (Fsp3) is 0.438. The van der Waals surface area contributed by atoms with E-state index >= 15 is 0 Å². The molecule has 1 unspecified atom stereocenters. The zero-order valence-electron chi connectivity index (χ0n) is 11.6. The second-order valence-electron chi connectivity index (χ2n) is 4.50. The third-order valence-electron chi connectivity index (χ3n) is 2.92. The third-order valence-corrected chi connectivity index (χ3v) is 2.92. The standard InChI is InChI=1S/C16H21NO2/c1-3-13(2)16(19)17-12-15-9-6-8-14(11-15)7-4-5-10-18/h6,8-9,11,13,18H,3,5,10,12H2,1-2H3,(H,17,19). The van der Waals surface area contributed by atoms with Crippen LogP contribution in [-0.4, -0.2) is 17.6 Å². The Morgan fingerprint density at radius 2 is 2.26 bits per heavy atom. The minimum absolute atomic E-state index is 0.0486. The van der Waals surface area contributed by atoms with E-state index in [1.807, 2.05) is 38.1 Å². The van der Waals surface area contributed by atoms with Crippen molar-refractivity contribution in [3.05, 3.63) is 35.4 Å². The molecule has 1 atom stereocenters. The summed E-state index contributed by atoms with van der Waals surface area (Å²) in [5.41, 5.74) is 1.94. The molecular formula is C16H21NO2. The van der Waals surface area contributed by atoms with Gasteiger partial charge in [-0.05, 0) is 24.1 Å². The summed E-state index contributed by atoms with van der Waals surface area (Å²) in [5.74, 6) is 6.00. The van der Waals surface area contributed by atoms with Gasteiger partial charge in [0.2, 0.25) is 5.91 Å². The SMILES string of the molecule is CCC(C)C(=O)NCc1cccc(C#CCCO)c1. The molecule has 3 nitrogen and oxygen atoms in total. The summed E-state index contributed by atoms with van der Waals surface area (Å²) in [5, 5.41) is 11.6. The monoisotopic (exact) mass is 259 g/mol. The molecule has 0 bridgehead atoms. The molecule has 0 fully saturated rings. The van der Waals surface area contributed by atoms with E-state index in [9.17, 15) is 4.79 Å². The zero-order valence-corrected chi connectivity index (χ0v) is 11.6. The average molecular weight is 259 g/mol. The van der Waals surface area contributed by atoms with E-state index in [1.165, 1.54) is 0 Å². The topological polar surface area (TPSA) is 49.3 Å². The Balaban J connectivity index is 2.58. The molecule has 102 valence electrons. The van der Waals surface area contributed by atoms with Crippen molar-refractivity contribution in [2.45, 2.75) is 33.2 Å². The maximum absolute atomic E-state index is 11.7. The first kappa shape index (κ1) is 15.3. The molecular weight excluding hydrogens is 238 g/mol. The molecule has 2 N–H and O–H groups in total. The summed E-state index contributed by atoms with van der Waals surface area (Å²) < 4.78 is 0. The lowest BCUT2D eigenvalue weighted by Crippen LogP contribution is -2.28. The van der Waals surface area contributed by atoms with E-state index < -0.39 is 0 Å². The van der Waals surface area contributed by atoms with E-state index in [0.717, 1.165) is 17.5 Å². The fourth-order valence-corrected chi connectivity index (χ4v) is 1.53. The Hall–Kier alpha value is -1.79. The highest BCUT2D eigenvalue weighted by Crippen LogP contribution is 2.05. The molecule has 0 saturated heterocycles. The summed E-state index contributed by atoms with van der Waals surface area (Å²) in [4.78, 5) is 11.7. The highest BCUT2D eigenvalue weighted by Gasteiger charge is 2.09. The number of aliphatic hydroxyl groups is 1. The molecule has 3 heteroatoms. The summed E-state index contributed by atoms with van der Waals surface area (Å²) in [6.07, 6.45) is 1.33. The van der Waals surface area contributed by atoms with Crippen LogP contribution in [0.4, 0.5) is 0 Å². The molecule has 1 rings (SSSR count). The largest absolute Gasteiger partial charge is 0.395 e. The van der Waals surface area contributed by atoms with Crippen LogP contribution >= 0.6 is 0 Å². The van der Waals surface area contributed by atoms with Crippen molar-refractivity contribution in [2.24, 2.45) is 5.92 Å². The molecule has 0 radical (unpaired) electrons. The van der Waals surface area contributed by atoms with E-state index in [1.54, 1.807) is 0 Å². The molecule has 19 heavy (non-hydrogen) atoms. The van der Waals surface area contributed by atoms with Crippen molar-refractivity contribution in [3.63, 3.8) is 0 Å². The molecule has 1 amide bonds. The highest BCUT2D eigenvalue weighted by molar-refractivity contribution is 5.78. The van der Waals surface area contributed by atoms with E-state index in [0.29, 0.717) is 13.0 Å². The Morgan fingerprint density at radius 3 is 2.95 bits per heavy atom. The summed E-state index contributed by atoms with van der Waals surface area (Å²) in [6.45, 7) is 4.53. The molecule has 0 aliphatic heterocycles. The van der Waals surface area contributed by atoms with Crippen molar-refractivity contribution in [1.29, 1.82) is 0 Å². The maximum atomic E-state index is 11.7. The number of carbonyl (C=O) groups excluding carboxylic acids is 1. The van der Waals surface area contributed by atoms with Gasteiger partial charge in [-0.25, -0.2) is 0 Å². The third kappa shape index (κ3) is 5.58.